The number of aromatic carboxylic acids is 1. The molecule has 2 saturated heterocycles. The Morgan fingerprint density at radius 1 is 1.56 bits per heavy atom. The lowest BCUT2D eigenvalue weighted by Gasteiger charge is -2.17. The van der Waals surface area contributed by atoms with Crippen LogP contribution in [-0.4, -0.2) is 33.3 Å². The number of hydrogen-bond acceptors (Lipinski definition) is 4. The van der Waals surface area contributed by atoms with Crippen molar-refractivity contribution in [3.05, 3.63) is 23.3 Å². The van der Waals surface area contributed by atoms with Crippen LogP contribution >= 0.6 is 0 Å². The van der Waals surface area contributed by atoms with Crippen LogP contribution in [0, 0.1) is 0 Å². The highest BCUT2D eigenvalue weighted by Crippen LogP contribution is 2.43. The molecular weight excluding hydrogens is 232 g/mol. The smallest absolute Gasteiger partial charge is 0.339 e. The van der Waals surface area contributed by atoms with Crippen LogP contribution in [-0.2, 0) is 11.2 Å². The average Bonchev–Trinajstić information content (AvgIpc) is 3.00. The minimum atomic E-state index is -0.956. The first-order valence-electron chi connectivity index (χ1n) is 6.43. The third-order valence-electron chi connectivity index (χ3n) is 3.89. The highest BCUT2D eigenvalue weighted by atomic mass is 16.5. The average molecular weight is 248 g/mol. The number of fused-ring (bicyclic) bond motifs is 2. The standard InChI is InChI=1S/C13H16N2O3/c1-2-10-9(13(16)17)6-14-12(15-10)8-5-7-3-4-11(8)18-7/h6-8,11H,2-5H2,1H3,(H,16,17). The summed E-state index contributed by atoms with van der Waals surface area (Å²) in [6.45, 7) is 1.91. The van der Waals surface area contributed by atoms with Crippen LogP contribution < -0.4 is 0 Å². The van der Waals surface area contributed by atoms with Crippen molar-refractivity contribution in [2.75, 3.05) is 0 Å². The number of carboxylic acid groups (broad SMARTS) is 1. The number of hydrogen-bond donors (Lipinski definition) is 1. The molecule has 2 bridgehead atoms. The van der Waals surface area contributed by atoms with Gasteiger partial charge in [0.1, 0.15) is 5.82 Å². The van der Waals surface area contributed by atoms with Gasteiger partial charge in [-0.3, -0.25) is 0 Å². The Hall–Kier alpha value is -1.49. The molecule has 3 unspecified atom stereocenters. The summed E-state index contributed by atoms with van der Waals surface area (Å²) in [5.41, 5.74) is 0.834. The van der Waals surface area contributed by atoms with Gasteiger partial charge >= 0.3 is 5.97 Å². The van der Waals surface area contributed by atoms with Crippen molar-refractivity contribution < 1.29 is 14.6 Å². The van der Waals surface area contributed by atoms with Gasteiger partial charge in [-0.15, -0.1) is 0 Å². The number of carboxylic acids is 1. The second-order valence-corrected chi connectivity index (χ2v) is 4.96. The van der Waals surface area contributed by atoms with E-state index in [9.17, 15) is 4.79 Å². The highest BCUT2D eigenvalue weighted by Gasteiger charge is 2.43. The molecule has 2 aliphatic rings. The SMILES string of the molecule is CCc1nc(C2CC3CCC2O3)ncc1C(=O)O. The molecule has 3 rings (SSSR count). The molecule has 5 nitrogen and oxygen atoms in total. The van der Waals surface area contributed by atoms with Gasteiger partial charge in [0.25, 0.3) is 0 Å². The predicted molar refractivity (Wildman–Crippen MR) is 63.6 cm³/mol. The second-order valence-electron chi connectivity index (χ2n) is 4.96. The molecular formula is C13H16N2O3. The quantitative estimate of drug-likeness (QED) is 0.882. The largest absolute Gasteiger partial charge is 0.478 e. The molecule has 0 aliphatic carbocycles. The fraction of sp³-hybridized carbons (Fsp3) is 0.615. The topological polar surface area (TPSA) is 72.3 Å². The Bertz CT molecular complexity index is 489. The van der Waals surface area contributed by atoms with Gasteiger partial charge in [0.05, 0.1) is 23.5 Å². The molecule has 1 aromatic rings. The van der Waals surface area contributed by atoms with Crippen molar-refractivity contribution in [3.63, 3.8) is 0 Å². The van der Waals surface area contributed by atoms with E-state index in [-0.39, 0.29) is 17.6 Å². The van der Waals surface area contributed by atoms with E-state index in [4.69, 9.17) is 9.84 Å². The van der Waals surface area contributed by atoms with E-state index >= 15 is 0 Å². The molecule has 1 N–H and O–H groups in total. The van der Waals surface area contributed by atoms with Crippen molar-refractivity contribution in [1.82, 2.24) is 9.97 Å². The summed E-state index contributed by atoms with van der Waals surface area (Å²) >= 11 is 0. The molecule has 5 heteroatoms. The lowest BCUT2D eigenvalue weighted by atomic mass is 9.88. The van der Waals surface area contributed by atoms with Crippen LogP contribution in [0.2, 0.25) is 0 Å². The van der Waals surface area contributed by atoms with E-state index in [0.29, 0.717) is 18.2 Å². The van der Waals surface area contributed by atoms with Gasteiger partial charge in [-0.1, -0.05) is 6.92 Å². The summed E-state index contributed by atoms with van der Waals surface area (Å²) in [5, 5.41) is 9.05. The molecule has 0 saturated carbocycles. The Morgan fingerprint density at radius 3 is 2.94 bits per heavy atom. The van der Waals surface area contributed by atoms with Crippen LogP contribution in [0.1, 0.15) is 54.0 Å². The molecule has 3 atom stereocenters. The number of carbonyl (C=O) groups is 1. The van der Waals surface area contributed by atoms with Gasteiger partial charge in [-0.25, -0.2) is 14.8 Å². The minimum Gasteiger partial charge on any atom is -0.478 e. The monoisotopic (exact) mass is 248 g/mol. The van der Waals surface area contributed by atoms with E-state index in [1.807, 2.05) is 6.92 Å². The van der Waals surface area contributed by atoms with Crippen LogP contribution in [0.15, 0.2) is 6.20 Å². The van der Waals surface area contributed by atoms with E-state index in [0.717, 1.165) is 25.1 Å². The normalized spacial score (nSPS) is 29.7. The van der Waals surface area contributed by atoms with Gasteiger partial charge in [0.15, 0.2) is 0 Å². The van der Waals surface area contributed by atoms with Crippen molar-refractivity contribution in [2.24, 2.45) is 0 Å². The van der Waals surface area contributed by atoms with Crippen molar-refractivity contribution >= 4 is 5.97 Å². The van der Waals surface area contributed by atoms with E-state index in [1.165, 1.54) is 6.20 Å². The van der Waals surface area contributed by atoms with Gasteiger partial charge in [0.2, 0.25) is 0 Å². The zero-order valence-electron chi connectivity index (χ0n) is 10.3. The maximum atomic E-state index is 11.0. The molecule has 3 heterocycles. The molecule has 0 aromatic carbocycles. The first-order chi connectivity index (χ1) is 8.69. The minimum absolute atomic E-state index is 0.213. The molecule has 1 aromatic heterocycles. The first kappa shape index (κ1) is 11.6. The molecule has 2 fully saturated rings. The van der Waals surface area contributed by atoms with Crippen LogP contribution in [0.4, 0.5) is 0 Å². The lowest BCUT2D eigenvalue weighted by molar-refractivity contribution is 0.0694. The molecule has 0 radical (unpaired) electrons. The van der Waals surface area contributed by atoms with Gasteiger partial charge in [-0.05, 0) is 25.7 Å². The van der Waals surface area contributed by atoms with Gasteiger partial charge in [-0.2, -0.15) is 0 Å². The summed E-state index contributed by atoms with van der Waals surface area (Å²) < 4.78 is 5.79. The molecule has 96 valence electrons. The van der Waals surface area contributed by atoms with Gasteiger partial charge < -0.3 is 9.84 Å². The Balaban J connectivity index is 1.92. The number of aromatic nitrogens is 2. The third-order valence-corrected chi connectivity index (χ3v) is 3.89. The number of ether oxygens (including phenoxy) is 1. The van der Waals surface area contributed by atoms with E-state index < -0.39 is 5.97 Å². The third kappa shape index (κ3) is 1.79. The summed E-state index contributed by atoms with van der Waals surface area (Å²) in [6, 6.07) is 0. The van der Waals surface area contributed by atoms with Crippen LogP contribution in [0.5, 0.6) is 0 Å². The van der Waals surface area contributed by atoms with Crippen molar-refractivity contribution in [2.45, 2.75) is 50.7 Å². The fourth-order valence-electron chi connectivity index (χ4n) is 2.97. The molecule has 18 heavy (non-hydrogen) atoms. The summed E-state index contributed by atoms with van der Waals surface area (Å²) in [5.74, 6) is 0.0449. The summed E-state index contributed by atoms with van der Waals surface area (Å²) in [7, 11) is 0. The van der Waals surface area contributed by atoms with Crippen molar-refractivity contribution in [1.29, 1.82) is 0 Å². The zero-order chi connectivity index (χ0) is 12.7. The summed E-state index contributed by atoms with van der Waals surface area (Å²) in [4.78, 5) is 19.7. The number of aryl methyl sites for hydroxylation is 1. The summed E-state index contributed by atoms with van der Waals surface area (Å²) in [6.07, 6.45) is 5.81. The number of nitrogens with zero attached hydrogens (tertiary/aromatic N) is 2. The molecule has 0 amide bonds. The van der Waals surface area contributed by atoms with E-state index in [2.05, 4.69) is 9.97 Å². The van der Waals surface area contributed by atoms with Crippen LogP contribution in [0.25, 0.3) is 0 Å². The Kier molecular flexibility index (Phi) is 2.78. The maximum Gasteiger partial charge on any atom is 0.339 e. The van der Waals surface area contributed by atoms with Gasteiger partial charge in [0, 0.05) is 12.1 Å². The van der Waals surface area contributed by atoms with E-state index in [1.54, 1.807) is 0 Å². The fourth-order valence-corrected chi connectivity index (χ4v) is 2.97. The predicted octanol–water partition coefficient (Wildman–Crippen LogP) is 1.77. The lowest BCUT2D eigenvalue weighted by Crippen LogP contribution is -2.19. The molecule has 0 spiro atoms. The zero-order valence-corrected chi connectivity index (χ0v) is 10.3. The van der Waals surface area contributed by atoms with Crippen molar-refractivity contribution in [3.8, 4) is 0 Å². The highest BCUT2D eigenvalue weighted by molar-refractivity contribution is 5.88. The Labute approximate surface area is 105 Å². The maximum absolute atomic E-state index is 11.0. The molecule has 2 aliphatic heterocycles. The Morgan fingerprint density at radius 2 is 2.39 bits per heavy atom. The number of rotatable bonds is 3. The van der Waals surface area contributed by atoms with Crippen LogP contribution in [0.3, 0.4) is 0 Å². The second kappa shape index (κ2) is 4.31. The first-order valence-corrected chi connectivity index (χ1v) is 6.43.